The molecule has 1 spiro atoms. The molecule has 202 valence electrons. The third-order valence-corrected chi connectivity index (χ3v) is 9.43. The number of fused-ring (bicyclic) bond motifs is 1. The van der Waals surface area contributed by atoms with E-state index < -0.39 is 0 Å². The Hall–Kier alpha value is -3.38. The number of benzene rings is 2. The molecule has 2 saturated heterocycles. The molecule has 6 rings (SSSR count). The summed E-state index contributed by atoms with van der Waals surface area (Å²) in [5.41, 5.74) is 5.50. The number of halogens is 1. The summed E-state index contributed by atoms with van der Waals surface area (Å²) in [7, 11) is 0. The van der Waals surface area contributed by atoms with E-state index in [1.165, 1.54) is 24.1 Å². The quantitative estimate of drug-likeness (QED) is 0.455. The molecule has 0 radical (unpaired) electrons. The minimum Gasteiger partial charge on any atom is -0.371 e. The molecule has 2 amide bonds. The van der Waals surface area contributed by atoms with Gasteiger partial charge in [0.15, 0.2) is 0 Å². The summed E-state index contributed by atoms with van der Waals surface area (Å²) in [6.07, 6.45) is 10.4. The molecule has 2 aromatic carbocycles. The number of hydrogen-bond donors (Lipinski definition) is 1. The van der Waals surface area contributed by atoms with Crippen LogP contribution in [0.3, 0.4) is 0 Å². The monoisotopic (exact) mass is 542 g/mol. The van der Waals surface area contributed by atoms with Crippen molar-refractivity contribution >= 4 is 29.1 Å². The molecule has 39 heavy (non-hydrogen) atoms. The van der Waals surface area contributed by atoms with Crippen molar-refractivity contribution in [2.45, 2.75) is 51.0 Å². The van der Waals surface area contributed by atoms with Gasteiger partial charge in [-0.1, -0.05) is 41.9 Å². The molecular weight excluding hydrogens is 508 g/mol. The van der Waals surface area contributed by atoms with Crippen molar-refractivity contribution in [1.82, 2.24) is 15.2 Å². The molecule has 1 atom stereocenters. The van der Waals surface area contributed by atoms with Gasteiger partial charge in [-0.05, 0) is 84.9 Å². The molecule has 6 nitrogen and oxygen atoms in total. The van der Waals surface area contributed by atoms with Crippen LogP contribution in [0.1, 0.15) is 65.2 Å². The number of aryl methyl sites for hydroxylation is 1. The summed E-state index contributed by atoms with van der Waals surface area (Å²) in [5, 5.41) is 3.61. The molecule has 2 aliphatic heterocycles. The lowest BCUT2D eigenvalue weighted by atomic mass is 9.71. The van der Waals surface area contributed by atoms with Crippen molar-refractivity contribution in [3.05, 3.63) is 94.3 Å². The summed E-state index contributed by atoms with van der Waals surface area (Å²) in [6.45, 7) is 3.83. The zero-order chi connectivity index (χ0) is 26.8. The highest BCUT2D eigenvalue weighted by Gasteiger charge is 2.38. The van der Waals surface area contributed by atoms with Gasteiger partial charge in [0.1, 0.15) is 0 Å². The van der Waals surface area contributed by atoms with Crippen LogP contribution in [0.15, 0.2) is 67.0 Å². The Morgan fingerprint density at radius 1 is 0.949 bits per heavy atom. The number of pyridine rings is 1. The first-order valence-corrected chi connectivity index (χ1v) is 14.5. The number of rotatable bonds is 5. The molecule has 1 unspecified atom stereocenters. The maximum Gasteiger partial charge on any atom is 0.253 e. The van der Waals surface area contributed by atoms with E-state index in [0.29, 0.717) is 22.4 Å². The summed E-state index contributed by atoms with van der Waals surface area (Å²) in [5.74, 6) is 0.0439. The first kappa shape index (κ1) is 25.9. The molecule has 3 aliphatic rings. The predicted octanol–water partition coefficient (Wildman–Crippen LogP) is 5.60. The predicted molar refractivity (Wildman–Crippen MR) is 154 cm³/mol. The van der Waals surface area contributed by atoms with Crippen LogP contribution in [0.4, 0.5) is 5.69 Å². The first-order valence-electron chi connectivity index (χ1n) is 14.1. The standard InChI is InChI=1S/C32H35ClN4O2/c33-28-4-2-1-3-26(28)31(39)35-29-8-7-24-6-5-23(21-27(24)29)22-30(38)37-19-13-32(14-20-37)11-17-36(18-12-32)25-9-15-34-16-10-25/h1-6,9-10,15-16,21,29H,7-8,11-14,17-20,22H2,(H,35,39). The number of nitrogens with zero attached hydrogens (tertiary/aromatic N) is 3. The lowest BCUT2D eigenvalue weighted by molar-refractivity contribution is -0.133. The molecule has 7 heteroatoms. The van der Waals surface area contributed by atoms with Gasteiger partial charge >= 0.3 is 0 Å². The maximum absolute atomic E-state index is 13.3. The van der Waals surface area contributed by atoms with Crippen LogP contribution >= 0.6 is 11.6 Å². The number of carbonyl (C=O) groups is 2. The van der Waals surface area contributed by atoms with Crippen LogP contribution in [-0.2, 0) is 17.6 Å². The maximum atomic E-state index is 13.3. The van der Waals surface area contributed by atoms with Gasteiger partial charge in [0.2, 0.25) is 5.91 Å². The van der Waals surface area contributed by atoms with E-state index in [0.717, 1.165) is 63.0 Å². The average Bonchev–Trinajstić information content (AvgIpc) is 3.36. The van der Waals surface area contributed by atoms with Gasteiger partial charge in [-0.2, -0.15) is 0 Å². The third kappa shape index (κ3) is 5.53. The normalized spacial score (nSPS) is 20.1. The molecule has 2 fully saturated rings. The molecule has 1 N–H and O–H groups in total. The summed E-state index contributed by atoms with van der Waals surface area (Å²) < 4.78 is 0. The average molecular weight is 543 g/mol. The highest BCUT2D eigenvalue weighted by Crippen LogP contribution is 2.42. The van der Waals surface area contributed by atoms with Gasteiger partial charge in [-0.3, -0.25) is 14.6 Å². The van der Waals surface area contributed by atoms with Gasteiger partial charge in [0, 0.05) is 44.3 Å². The Morgan fingerprint density at radius 3 is 2.41 bits per heavy atom. The molecule has 0 bridgehead atoms. The molecule has 1 aliphatic carbocycles. The van der Waals surface area contributed by atoms with Crippen LogP contribution < -0.4 is 10.2 Å². The molecule has 3 aromatic rings. The third-order valence-electron chi connectivity index (χ3n) is 9.10. The minimum atomic E-state index is -0.159. The fourth-order valence-corrected chi connectivity index (χ4v) is 6.83. The SMILES string of the molecule is O=C(NC1CCc2ccc(CC(=O)N3CCC4(CC3)CCN(c3ccncc3)CC4)cc21)c1ccccc1Cl. The summed E-state index contributed by atoms with van der Waals surface area (Å²) in [6, 6.07) is 17.6. The number of carbonyl (C=O) groups excluding carboxylic acids is 2. The van der Waals surface area contributed by atoms with E-state index in [9.17, 15) is 9.59 Å². The Balaban J connectivity index is 1.04. The first-order chi connectivity index (χ1) is 19.0. The van der Waals surface area contributed by atoms with Crippen molar-refractivity contribution < 1.29 is 9.59 Å². The largest absolute Gasteiger partial charge is 0.371 e. The van der Waals surface area contributed by atoms with Gasteiger partial charge in [-0.15, -0.1) is 0 Å². The molecule has 1 aromatic heterocycles. The Morgan fingerprint density at radius 2 is 1.67 bits per heavy atom. The minimum absolute atomic E-state index is 0.0633. The van der Waals surface area contributed by atoms with E-state index in [4.69, 9.17) is 11.6 Å². The second-order valence-corrected chi connectivity index (χ2v) is 11.7. The van der Waals surface area contributed by atoms with E-state index in [1.807, 2.05) is 24.5 Å². The highest BCUT2D eigenvalue weighted by atomic mass is 35.5. The lowest BCUT2D eigenvalue weighted by Crippen LogP contribution is -2.48. The topological polar surface area (TPSA) is 65.5 Å². The zero-order valence-electron chi connectivity index (χ0n) is 22.2. The Kier molecular flexibility index (Phi) is 7.30. The second kappa shape index (κ2) is 11.0. The number of anilines is 1. The summed E-state index contributed by atoms with van der Waals surface area (Å²) in [4.78, 5) is 34.8. The van der Waals surface area contributed by atoms with Crippen LogP contribution in [-0.4, -0.2) is 47.9 Å². The lowest BCUT2D eigenvalue weighted by Gasteiger charge is -2.47. The fourth-order valence-electron chi connectivity index (χ4n) is 6.60. The van der Waals surface area contributed by atoms with Gasteiger partial charge in [-0.25, -0.2) is 0 Å². The van der Waals surface area contributed by atoms with E-state index in [-0.39, 0.29) is 17.9 Å². The van der Waals surface area contributed by atoms with E-state index >= 15 is 0 Å². The van der Waals surface area contributed by atoms with Crippen LogP contribution in [0.5, 0.6) is 0 Å². The molecular formula is C32H35ClN4O2. The van der Waals surface area contributed by atoms with Crippen LogP contribution in [0, 0.1) is 5.41 Å². The smallest absolute Gasteiger partial charge is 0.253 e. The number of piperidine rings is 2. The number of hydrogen-bond acceptors (Lipinski definition) is 4. The van der Waals surface area contributed by atoms with Crippen molar-refractivity contribution in [3.8, 4) is 0 Å². The van der Waals surface area contributed by atoms with Crippen LogP contribution in [0.25, 0.3) is 0 Å². The van der Waals surface area contributed by atoms with Crippen molar-refractivity contribution in [1.29, 1.82) is 0 Å². The van der Waals surface area contributed by atoms with Gasteiger partial charge in [0.25, 0.3) is 5.91 Å². The second-order valence-electron chi connectivity index (χ2n) is 11.3. The number of aromatic nitrogens is 1. The number of likely N-dealkylation sites (tertiary alicyclic amines) is 1. The summed E-state index contributed by atoms with van der Waals surface area (Å²) >= 11 is 6.23. The molecule has 0 saturated carbocycles. The van der Waals surface area contributed by atoms with Crippen molar-refractivity contribution in [2.24, 2.45) is 5.41 Å². The molecule has 3 heterocycles. The number of nitrogens with one attached hydrogen (secondary N) is 1. The van der Waals surface area contributed by atoms with Crippen molar-refractivity contribution in [3.63, 3.8) is 0 Å². The van der Waals surface area contributed by atoms with E-state index in [2.05, 4.69) is 50.4 Å². The van der Waals surface area contributed by atoms with Crippen molar-refractivity contribution in [2.75, 3.05) is 31.1 Å². The number of amides is 2. The Labute approximate surface area is 235 Å². The van der Waals surface area contributed by atoms with Crippen LogP contribution in [0.2, 0.25) is 5.02 Å². The zero-order valence-corrected chi connectivity index (χ0v) is 23.0. The fraction of sp³-hybridized carbons (Fsp3) is 0.406. The van der Waals surface area contributed by atoms with E-state index in [1.54, 1.807) is 12.1 Å². The van der Waals surface area contributed by atoms with Gasteiger partial charge < -0.3 is 15.1 Å². The highest BCUT2D eigenvalue weighted by molar-refractivity contribution is 6.33. The van der Waals surface area contributed by atoms with Gasteiger partial charge in [0.05, 0.1) is 23.0 Å². The Bertz CT molecular complexity index is 1340.